The highest BCUT2D eigenvalue weighted by Gasteiger charge is 2.19. The minimum atomic E-state index is 0.409. The van der Waals surface area contributed by atoms with E-state index in [2.05, 4.69) is 64.4 Å². The number of hydrogen-bond acceptors (Lipinski definition) is 6. The van der Waals surface area contributed by atoms with Gasteiger partial charge >= 0.3 is 0 Å². The van der Waals surface area contributed by atoms with Gasteiger partial charge in [0.05, 0.1) is 30.0 Å². The molecule has 37 heavy (non-hydrogen) atoms. The summed E-state index contributed by atoms with van der Waals surface area (Å²) >= 11 is 0. The van der Waals surface area contributed by atoms with Crippen LogP contribution in [0.15, 0.2) is 79.3 Å². The van der Waals surface area contributed by atoms with Crippen LogP contribution in [0.4, 0.5) is 5.69 Å². The van der Waals surface area contributed by atoms with Gasteiger partial charge in [-0.25, -0.2) is 4.98 Å². The van der Waals surface area contributed by atoms with E-state index < -0.39 is 0 Å². The van der Waals surface area contributed by atoms with Crippen molar-refractivity contribution in [3.8, 4) is 28.3 Å². The second-order valence-corrected chi connectivity index (χ2v) is 9.34. The Kier molecular flexibility index (Phi) is 6.28. The molecule has 0 radical (unpaired) electrons. The number of ether oxygens (including phenoxy) is 2. The summed E-state index contributed by atoms with van der Waals surface area (Å²) in [7, 11) is 1.91. The van der Waals surface area contributed by atoms with Crippen molar-refractivity contribution in [2.45, 2.75) is 13.5 Å². The molecule has 1 aliphatic heterocycles. The summed E-state index contributed by atoms with van der Waals surface area (Å²) in [6.07, 6.45) is 5.54. The summed E-state index contributed by atoms with van der Waals surface area (Å²) in [5.41, 5.74) is 8.50. The zero-order valence-electron chi connectivity index (χ0n) is 21.1. The molecule has 0 N–H and O–H groups in total. The van der Waals surface area contributed by atoms with E-state index in [-0.39, 0.29) is 0 Å². The fourth-order valence-electron chi connectivity index (χ4n) is 4.90. The number of aromatic nitrogens is 4. The maximum Gasteiger partial charge on any atom is 0.241 e. The van der Waals surface area contributed by atoms with Crippen molar-refractivity contribution in [1.82, 2.24) is 19.7 Å². The Hall–Kier alpha value is -4.23. The Bertz CT molecular complexity index is 1540. The summed E-state index contributed by atoms with van der Waals surface area (Å²) in [6, 6.07) is 21.0. The largest absolute Gasteiger partial charge is 0.471 e. The minimum absolute atomic E-state index is 0.409. The molecular formula is C30H29N5O2. The van der Waals surface area contributed by atoms with Gasteiger partial charge in [-0.2, -0.15) is 0 Å². The van der Waals surface area contributed by atoms with Gasteiger partial charge in [0.25, 0.3) is 0 Å². The predicted molar refractivity (Wildman–Crippen MR) is 146 cm³/mol. The number of para-hydroxylation sites is 1. The lowest BCUT2D eigenvalue weighted by Crippen LogP contribution is -2.36. The Morgan fingerprint density at radius 1 is 0.946 bits per heavy atom. The highest BCUT2D eigenvalue weighted by Crippen LogP contribution is 2.33. The second kappa shape index (κ2) is 10.0. The lowest BCUT2D eigenvalue weighted by Gasteiger charge is -2.31. The predicted octanol–water partition coefficient (Wildman–Crippen LogP) is 5.42. The topological polar surface area (TPSA) is 65.3 Å². The lowest BCUT2D eigenvalue weighted by molar-refractivity contribution is 0.122. The van der Waals surface area contributed by atoms with E-state index in [1.54, 1.807) is 17.1 Å². The average molecular weight is 492 g/mol. The van der Waals surface area contributed by atoms with Gasteiger partial charge in [-0.3, -0.25) is 9.67 Å². The van der Waals surface area contributed by atoms with E-state index in [9.17, 15) is 0 Å². The third-order valence-corrected chi connectivity index (χ3v) is 6.78. The first-order chi connectivity index (χ1) is 18.2. The molecule has 4 heterocycles. The average Bonchev–Trinajstić information content (AvgIpc) is 3.33. The van der Waals surface area contributed by atoms with E-state index >= 15 is 0 Å². The molecule has 0 unspecified atom stereocenters. The first-order valence-corrected chi connectivity index (χ1v) is 12.5. The van der Waals surface area contributed by atoms with Crippen molar-refractivity contribution in [3.63, 3.8) is 0 Å². The zero-order chi connectivity index (χ0) is 25.2. The fraction of sp³-hybridized carbons (Fsp3) is 0.233. The Morgan fingerprint density at radius 3 is 2.59 bits per heavy atom. The van der Waals surface area contributed by atoms with Gasteiger partial charge in [-0.05, 0) is 48.4 Å². The van der Waals surface area contributed by atoms with Crippen molar-refractivity contribution in [2.24, 2.45) is 7.05 Å². The summed E-state index contributed by atoms with van der Waals surface area (Å²) in [4.78, 5) is 11.5. The van der Waals surface area contributed by atoms with E-state index in [0.29, 0.717) is 25.7 Å². The molecule has 7 nitrogen and oxygen atoms in total. The lowest BCUT2D eigenvalue weighted by atomic mass is 10.0. The maximum atomic E-state index is 6.33. The molecule has 186 valence electrons. The van der Waals surface area contributed by atoms with Crippen LogP contribution >= 0.6 is 0 Å². The third-order valence-electron chi connectivity index (χ3n) is 6.78. The van der Waals surface area contributed by atoms with Gasteiger partial charge in [0, 0.05) is 60.9 Å². The number of anilines is 1. The van der Waals surface area contributed by atoms with Crippen LogP contribution in [0, 0.1) is 6.92 Å². The number of hydrogen-bond donors (Lipinski definition) is 0. The number of rotatable bonds is 6. The summed E-state index contributed by atoms with van der Waals surface area (Å²) in [5.74, 6) is 0.609. The molecule has 0 amide bonds. The SMILES string of the molecule is Cc1cc2ccccc2nc1-c1ccc(COc2nn(C)cc2-c2ccncc2)c(N2CCOCC2)c1. The number of morpholine rings is 1. The van der Waals surface area contributed by atoms with Gasteiger partial charge in [-0.15, -0.1) is 5.10 Å². The van der Waals surface area contributed by atoms with Gasteiger partial charge < -0.3 is 14.4 Å². The molecule has 0 saturated carbocycles. The third kappa shape index (κ3) is 4.78. The van der Waals surface area contributed by atoms with Crippen LogP contribution in [0.1, 0.15) is 11.1 Å². The van der Waals surface area contributed by atoms with Crippen molar-refractivity contribution in [3.05, 3.63) is 90.4 Å². The summed E-state index contributed by atoms with van der Waals surface area (Å²) < 4.78 is 13.8. The zero-order valence-corrected chi connectivity index (χ0v) is 21.1. The van der Waals surface area contributed by atoms with E-state index in [0.717, 1.165) is 63.2 Å². The monoisotopic (exact) mass is 491 g/mol. The molecule has 0 spiro atoms. The van der Waals surface area contributed by atoms with Crippen molar-refractivity contribution >= 4 is 16.6 Å². The number of nitrogens with zero attached hydrogens (tertiary/aromatic N) is 5. The molecule has 0 aliphatic carbocycles. The van der Waals surface area contributed by atoms with Crippen LogP contribution in [0.25, 0.3) is 33.3 Å². The molecule has 3 aromatic heterocycles. The van der Waals surface area contributed by atoms with Crippen LogP contribution in [0.2, 0.25) is 0 Å². The van der Waals surface area contributed by atoms with E-state index in [1.807, 2.05) is 31.4 Å². The highest BCUT2D eigenvalue weighted by atomic mass is 16.5. The van der Waals surface area contributed by atoms with Crippen LogP contribution < -0.4 is 9.64 Å². The molecule has 1 aliphatic rings. The maximum absolute atomic E-state index is 6.33. The van der Waals surface area contributed by atoms with Crippen LogP contribution in [-0.2, 0) is 18.4 Å². The molecule has 6 rings (SSSR count). The number of pyridine rings is 2. The molecule has 5 aromatic rings. The number of aryl methyl sites for hydroxylation is 2. The van der Waals surface area contributed by atoms with Gasteiger partial charge in [0.2, 0.25) is 5.88 Å². The molecule has 1 saturated heterocycles. The molecule has 0 atom stereocenters. The second-order valence-electron chi connectivity index (χ2n) is 9.34. The van der Waals surface area contributed by atoms with Crippen molar-refractivity contribution < 1.29 is 9.47 Å². The quantitative estimate of drug-likeness (QED) is 0.316. The Labute approximate surface area is 216 Å². The first-order valence-electron chi connectivity index (χ1n) is 12.5. The molecule has 2 aromatic carbocycles. The standard InChI is InChI=1S/C30H29N5O2/c1-21-17-23-5-3-4-6-27(23)32-29(21)24-7-8-25(28(18-24)35-13-15-36-16-14-35)20-37-30-26(19-34(2)33-30)22-9-11-31-12-10-22/h3-12,17-19H,13-16,20H2,1-2H3. The Balaban J connectivity index is 1.35. The molecule has 1 fully saturated rings. The van der Waals surface area contributed by atoms with E-state index in [1.165, 1.54) is 0 Å². The molecule has 7 heteroatoms. The number of benzene rings is 2. The van der Waals surface area contributed by atoms with Crippen molar-refractivity contribution in [1.29, 1.82) is 0 Å². The van der Waals surface area contributed by atoms with Crippen LogP contribution in [0.3, 0.4) is 0 Å². The highest BCUT2D eigenvalue weighted by molar-refractivity contribution is 5.84. The first kappa shape index (κ1) is 23.2. The fourth-order valence-corrected chi connectivity index (χ4v) is 4.90. The van der Waals surface area contributed by atoms with E-state index in [4.69, 9.17) is 14.5 Å². The van der Waals surface area contributed by atoms with Gasteiger partial charge in [0.1, 0.15) is 6.61 Å². The summed E-state index contributed by atoms with van der Waals surface area (Å²) in [6.45, 7) is 5.64. The molecule has 0 bridgehead atoms. The Morgan fingerprint density at radius 2 is 1.76 bits per heavy atom. The minimum Gasteiger partial charge on any atom is -0.471 e. The van der Waals surface area contributed by atoms with Gasteiger partial charge in [-0.1, -0.05) is 30.3 Å². The summed E-state index contributed by atoms with van der Waals surface area (Å²) in [5, 5.41) is 5.74. The van der Waals surface area contributed by atoms with Crippen LogP contribution in [-0.4, -0.2) is 46.1 Å². The van der Waals surface area contributed by atoms with Crippen LogP contribution in [0.5, 0.6) is 5.88 Å². The van der Waals surface area contributed by atoms with Crippen molar-refractivity contribution in [2.75, 3.05) is 31.2 Å². The van der Waals surface area contributed by atoms with Gasteiger partial charge in [0.15, 0.2) is 0 Å². The number of fused-ring (bicyclic) bond motifs is 1. The smallest absolute Gasteiger partial charge is 0.241 e. The normalized spacial score (nSPS) is 13.7. The molecular weight excluding hydrogens is 462 g/mol.